The zero-order valence-corrected chi connectivity index (χ0v) is 19.3. The van der Waals surface area contributed by atoms with E-state index < -0.39 is 32.5 Å². The molecule has 8 nitrogen and oxygen atoms in total. The Morgan fingerprint density at radius 2 is 1.77 bits per heavy atom. The van der Waals surface area contributed by atoms with E-state index in [0.717, 1.165) is 15.6 Å². The quantitative estimate of drug-likeness (QED) is 0.507. The number of nitrogens with zero attached hydrogens (tertiary/aromatic N) is 2. The fourth-order valence-electron chi connectivity index (χ4n) is 2.74. The van der Waals surface area contributed by atoms with E-state index in [1.54, 1.807) is 31.4 Å². The lowest BCUT2D eigenvalue weighted by atomic mass is 10.3. The number of thiophene rings is 1. The third kappa shape index (κ3) is 5.55. The topological polar surface area (TPSA) is 104 Å². The molecule has 0 radical (unpaired) electrons. The summed E-state index contributed by atoms with van der Waals surface area (Å²) in [5.74, 6) is -0.589. The highest BCUT2D eigenvalue weighted by atomic mass is 32.2. The van der Waals surface area contributed by atoms with Crippen molar-refractivity contribution in [3.63, 3.8) is 0 Å². The molecule has 0 spiro atoms. The first-order chi connectivity index (χ1) is 14.2. The average Bonchev–Trinajstić information content (AvgIpc) is 3.24. The highest BCUT2D eigenvalue weighted by Gasteiger charge is 2.27. The summed E-state index contributed by atoms with van der Waals surface area (Å²) in [6.45, 7) is 7.22. The Morgan fingerprint density at radius 1 is 1.07 bits per heavy atom. The summed E-state index contributed by atoms with van der Waals surface area (Å²) in [5.41, 5.74) is 0.264. The van der Waals surface area contributed by atoms with Crippen LogP contribution in [0.5, 0.6) is 0 Å². The minimum Gasteiger partial charge on any atom is -0.325 e. The van der Waals surface area contributed by atoms with Crippen molar-refractivity contribution in [1.29, 1.82) is 0 Å². The Bertz CT molecular complexity index is 1080. The molecular weight excluding hydrogens is 446 g/mol. The van der Waals surface area contributed by atoms with E-state index in [-0.39, 0.29) is 21.3 Å². The molecule has 1 aromatic heterocycles. The zero-order valence-electron chi connectivity index (χ0n) is 16.8. The molecule has 0 saturated heterocycles. The van der Waals surface area contributed by atoms with Crippen molar-refractivity contribution < 1.29 is 21.6 Å². The predicted molar refractivity (Wildman–Crippen MR) is 118 cm³/mol. The maximum atomic E-state index is 12.7. The van der Waals surface area contributed by atoms with Gasteiger partial charge in [0.1, 0.15) is 4.21 Å². The van der Waals surface area contributed by atoms with Crippen LogP contribution in [0.3, 0.4) is 0 Å². The van der Waals surface area contributed by atoms with Crippen molar-refractivity contribution in [2.45, 2.75) is 23.0 Å². The molecule has 1 heterocycles. The smallest absolute Gasteiger partial charge is 0.253 e. The van der Waals surface area contributed by atoms with Crippen molar-refractivity contribution in [2.24, 2.45) is 0 Å². The standard InChI is InChI=1S/C19H25N3O5S3/c1-4-12-22(30(26,27)19-11-8-13-28-19)15-18(23)20-16-9-7-10-17(14-16)29(24,25)21(5-2)6-3/h4,7-11,13-14H,1,5-6,12,15H2,2-3H3,(H,20,23). The van der Waals surface area contributed by atoms with E-state index in [1.807, 2.05) is 0 Å². The number of anilines is 1. The highest BCUT2D eigenvalue weighted by Crippen LogP contribution is 2.22. The lowest BCUT2D eigenvalue weighted by Crippen LogP contribution is -2.37. The fraction of sp³-hybridized carbons (Fsp3) is 0.316. The Kier molecular flexibility index (Phi) is 8.33. The molecule has 0 aliphatic rings. The molecule has 2 rings (SSSR count). The number of benzene rings is 1. The van der Waals surface area contributed by atoms with Gasteiger partial charge in [0, 0.05) is 25.3 Å². The van der Waals surface area contributed by atoms with E-state index >= 15 is 0 Å². The van der Waals surface area contributed by atoms with Crippen LogP contribution in [0.15, 0.2) is 63.5 Å². The van der Waals surface area contributed by atoms with Gasteiger partial charge in [-0.3, -0.25) is 4.79 Å². The maximum absolute atomic E-state index is 12.7. The summed E-state index contributed by atoms with van der Waals surface area (Å²) >= 11 is 1.06. The van der Waals surface area contributed by atoms with Crippen LogP contribution in [0.25, 0.3) is 0 Å². The van der Waals surface area contributed by atoms with Gasteiger partial charge in [0.25, 0.3) is 10.0 Å². The average molecular weight is 472 g/mol. The van der Waals surface area contributed by atoms with Gasteiger partial charge in [0.15, 0.2) is 0 Å². The Morgan fingerprint density at radius 3 is 2.33 bits per heavy atom. The van der Waals surface area contributed by atoms with Crippen molar-refractivity contribution in [3.8, 4) is 0 Å². The normalized spacial score (nSPS) is 12.3. The molecule has 1 aromatic carbocycles. The number of amides is 1. The van der Waals surface area contributed by atoms with Gasteiger partial charge in [-0.25, -0.2) is 16.8 Å². The first-order valence-corrected chi connectivity index (χ1v) is 13.0. The third-order valence-corrected chi connectivity index (χ3v) is 9.43. The van der Waals surface area contributed by atoms with Crippen LogP contribution >= 0.6 is 11.3 Å². The monoisotopic (exact) mass is 471 g/mol. The molecule has 0 aliphatic heterocycles. The molecule has 0 aliphatic carbocycles. The van der Waals surface area contributed by atoms with E-state index in [4.69, 9.17) is 0 Å². The molecule has 1 amide bonds. The minimum absolute atomic E-state index is 0.0377. The van der Waals surface area contributed by atoms with Crippen molar-refractivity contribution in [2.75, 3.05) is 31.5 Å². The summed E-state index contributed by atoms with van der Waals surface area (Å²) < 4.78 is 53.2. The number of sulfonamides is 2. The maximum Gasteiger partial charge on any atom is 0.253 e. The van der Waals surface area contributed by atoms with E-state index in [1.165, 1.54) is 34.6 Å². The van der Waals surface area contributed by atoms with Crippen LogP contribution in [0.2, 0.25) is 0 Å². The summed E-state index contributed by atoms with van der Waals surface area (Å²) in [5, 5.41) is 4.22. The van der Waals surface area contributed by atoms with Crippen molar-refractivity contribution in [3.05, 3.63) is 54.4 Å². The molecule has 0 atom stereocenters. The van der Waals surface area contributed by atoms with Gasteiger partial charge in [-0.2, -0.15) is 8.61 Å². The molecule has 0 bridgehead atoms. The van der Waals surface area contributed by atoms with Gasteiger partial charge in [-0.1, -0.05) is 32.1 Å². The highest BCUT2D eigenvalue weighted by molar-refractivity contribution is 7.91. The molecule has 0 saturated carbocycles. The van der Waals surface area contributed by atoms with Crippen LogP contribution in [-0.2, 0) is 24.8 Å². The number of rotatable bonds is 11. The largest absolute Gasteiger partial charge is 0.325 e. The lowest BCUT2D eigenvalue weighted by Gasteiger charge is -2.20. The number of carbonyl (C=O) groups excluding carboxylic acids is 1. The van der Waals surface area contributed by atoms with E-state index in [2.05, 4.69) is 11.9 Å². The number of hydrogen-bond acceptors (Lipinski definition) is 6. The van der Waals surface area contributed by atoms with Crippen LogP contribution < -0.4 is 5.32 Å². The Balaban J connectivity index is 2.20. The van der Waals surface area contributed by atoms with Crippen molar-refractivity contribution >= 4 is 43.0 Å². The summed E-state index contributed by atoms with van der Waals surface area (Å²) in [6.07, 6.45) is 1.40. The van der Waals surface area contributed by atoms with Gasteiger partial charge in [-0.15, -0.1) is 17.9 Å². The molecule has 11 heteroatoms. The minimum atomic E-state index is -3.84. The zero-order chi connectivity index (χ0) is 22.4. The fourth-order valence-corrected chi connectivity index (χ4v) is 6.75. The number of hydrogen-bond donors (Lipinski definition) is 1. The Labute approximate surface area is 181 Å². The molecule has 2 aromatic rings. The van der Waals surface area contributed by atoms with E-state index in [0.29, 0.717) is 13.1 Å². The van der Waals surface area contributed by atoms with Gasteiger partial charge in [0.05, 0.1) is 11.4 Å². The van der Waals surface area contributed by atoms with E-state index in [9.17, 15) is 21.6 Å². The lowest BCUT2D eigenvalue weighted by molar-refractivity contribution is -0.116. The van der Waals surface area contributed by atoms with Gasteiger partial charge in [0.2, 0.25) is 15.9 Å². The number of carbonyl (C=O) groups is 1. The van der Waals surface area contributed by atoms with Crippen molar-refractivity contribution in [1.82, 2.24) is 8.61 Å². The Hall–Kier alpha value is -2.05. The van der Waals surface area contributed by atoms with Crippen LogP contribution in [-0.4, -0.2) is 57.5 Å². The van der Waals surface area contributed by atoms with Crippen LogP contribution in [0, 0.1) is 0 Å². The molecule has 1 N–H and O–H groups in total. The van der Waals surface area contributed by atoms with Gasteiger partial charge >= 0.3 is 0 Å². The summed E-state index contributed by atoms with van der Waals surface area (Å²) in [4.78, 5) is 12.6. The molecular formula is C19H25N3O5S3. The second kappa shape index (κ2) is 10.3. The molecule has 30 heavy (non-hydrogen) atoms. The second-order valence-electron chi connectivity index (χ2n) is 6.18. The SMILES string of the molecule is C=CCN(CC(=O)Nc1cccc(S(=O)(=O)N(CC)CC)c1)S(=O)(=O)c1cccs1. The molecule has 0 fully saturated rings. The van der Waals surface area contributed by atoms with Gasteiger partial charge in [-0.05, 0) is 29.6 Å². The van der Waals surface area contributed by atoms with Crippen LogP contribution in [0.1, 0.15) is 13.8 Å². The summed E-state index contributed by atoms with van der Waals surface area (Å²) in [7, 11) is -7.52. The first kappa shape index (κ1) is 24.2. The molecule has 0 unspecified atom stereocenters. The van der Waals surface area contributed by atoms with Crippen LogP contribution in [0.4, 0.5) is 5.69 Å². The third-order valence-electron chi connectivity index (χ3n) is 4.20. The number of nitrogens with one attached hydrogen (secondary N) is 1. The second-order valence-corrected chi connectivity index (χ2v) is 11.2. The van der Waals surface area contributed by atoms with Gasteiger partial charge < -0.3 is 5.32 Å². The first-order valence-electron chi connectivity index (χ1n) is 9.21. The predicted octanol–water partition coefficient (Wildman–Crippen LogP) is 2.59. The summed E-state index contributed by atoms with van der Waals surface area (Å²) in [6, 6.07) is 8.97. The molecule has 164 valence electrons.